The Labute approximate surface area is 117 Å². The van der Waals surface area contributed by atoms with Gasteiger partial charge in [0.2, 0.25) is 0 Å². The molecular formula is C14H27BrOSi. The zero-order valence-electron chi connectivity index (χ0n) is 12.0. The molecule has 1 atom stereocenters. The summed E-state index contributed by atoms with van der Waals surface area (Å²) in [6.45, 7) is 19.2. The molecule has 0 spiro atoms. The molecule has 1 nitrogen and oxygen atoms in total. The predicted molar refractivity (Wildman–Crippen MR) is 84.4 cm³/mol. The summed E-state index contributed by atoms with van der Waals surface area (Å²) in [5.41, 5.74) is 1.19. The summed E-state index contributed by atoms with van der Waals surface area (Å²) in [6, 6.07) is 0. The number of rotatable bonds is 7. The van der Waals surface area contributed by atoms with Crippen LogP contribution in [-0.4, -0.2) is 19.8 Å². The van der Waals surface area contributed by atoms with Crippen LogP contribution in [0.4, 0.5) is 0 Å². The van der Waals surface area contributed by atoms with Gasteiger partial charge >= 0.3 is 0 Å². The van der Waals surface area contributed by atoms with Crippen LogP contribution in [0.3, 0.4) is 0 Å². The maximum atomic E-state index is 6.40. The summed E-state index contributed by atoms with van der Waals surface area (Å²) in [7, 11) is -1.69. The molecule has 100 valence electrons. The molecule has 0 aliphatic carbocycles. The highest BCUT2D eigenvalue weighted by atomic mass is 79.9. The van der Waals surface area contributed by atoms with Gasteiger partial charge in [-0.1, -0.05) is 54.9 Å². The topological polar surface area (TPSA) is 9.23 Å². The summed E-state index contributed by atoms with van der Waals surface area (Å²) < 4.78 is 6.40. The minimum atomic E-state index is -1.69. The van der Waals surface area contributed by atoms with E-state index in [0.29, 0.717) is 0 Å². The standard InChI is InChI=1S/C14H27BrOSi/c1-8-9-13(10-12(2)11-15)16-17(6,7)14(3,4)5/h8,13H,1-2,9-11H2,3-7H3/t13-/m0/s1. The largest absolute Gasteiger partial charge is 0.413 e. The minimum absolute atomic E-state index is 0.235. The summed E-state index contributed by atoms with van der Waals surface area (Å²) in [6.07, 6.45) is 4.00. The molecule has 0 N–H and O–H groups in total. The second-order valence-electron chi connectivity index (χ2n) is 6.11. The molecule has 0 aromatic carbocycles. The molecule has 0 aromatic rings. The lowest BCUT2D eigenvalue weighted by molar-refractivity contribution is 0.184. The Morgan fingerprint density at radius 1 is 1.41 bits per heavy atom. The van der Waals surface area contributed by atoms with Crippen molar-refractivity contribution in [2.45, 2.75) is 57.8 Å². The van der Waals surface area contributed by atoms with Gasteiger partial charge in [0.05, 0.1) is 6.10 Å². The van der Waals surface area contributed by atoms with Gasteiger partial charge < -0.3 is 4.43 Å². The lowest BCUT2D eigenvalue weighted by Crippen LogP contribution is -2.44. The van der Waals surface area contributed by atoms with E-state index < -0.39 is 8.32 Å². The highest BCUT2D eigenvalue weighted by Crippen LogP contribution is 2.38. The fraction of sp³-hybridized carbons (Fsp3) is 0.714. The molecule has 0 aliphatic rings. The molecule has 0 aromatic heterocycles. The van der Waals surface area contributed by atoms with Crippen molar-refractivity contribution in [3.8, 4) is 0 Å². The van der Waals surface area contributed by atoms with Crippen molar-refractivity contribution in [2.24, 2.45) is 0 Å². The van der Waals surface area contributed by atoms with Crippen LogP contribution in [0.15, 0.2) is 24.8 Å². The first-order chi connectivity index (χ1) is 7.64. The average Bonchev–Trinajstić information content (AvgIpc) is 2.15. The van der Waals surface area contributed by atoms with Crippen molar-refractivity contribution >= 4 is 24.2 Å². The zero-order chi connectivity index (χ0) is 13.7. The maximum absolute atomic E-state index is 6.40. The quantitative estimate of drug-likeness (QED) is 0.352. The highest BCUT2D eigenvalue weighted by Gasteiger charge is 2.38. The molecule has 0 heterocycles. The molecule has 0 aliphatic heterocycles. The van der Waals surface area contributed by atoms with Gasteiger partial charge in [-0.3, -0.25) is 0 Å². The van der Waals surface area contributed by atoms with E-state index in [4.69, 9.17) is 4.43 Å². The lowest BCUT2D eigenvalue weighted by Gasteiger charge is -2.39. The second kappa shape index (κ2) is 6.91. The van der Waals surface area contributed by atoms with E-state index in [1.54, 1.807) is 0 Å². The molecule has 0 unspecified atom stereocenters. The van der Waals surface area contributed by atoms with E-state index in [-0.39, 0.29) is 11.1 Å². The van der Waals surface area contributed by atoms with Crippen LogP contribution in [0.25, 0.3) is 0 Å². The third-order valence-electron chi connectivity index (χ3n) is 3.40. The monoisotopic (exact) mass is 318 g/mol. The first-order valence-electron chi connectivity index (χ1n) is 6.15. The number of halogens is 1. The average molecular weight is 319 g/mol. The predicted octanol–water partition coefficient (Wildman–Crippen LogP) is 5.29. The van der Waals surface area contributed by atoms with Crippen molar-refractivity contribution in [1.82, 2.24) is 0 Å². The molecule has 17 heavy (non-hydrogen) atoms. The molecule has 0 radical (unpaired) electrons. The Morgan fingerprint density at radius 2 is 1.94 bits per heavy atom. The Balaban J connectivity index is 4.64. The zero-order valence-corrected chi connectivity index (χ0v) is 14.6. The van der Waals surface area contributed by atoms with Gasteiger partial charge in [0.15, 0.2) is 8.32 Å². The van der Waals surface area contributed by atoms with Crippen LogP contribution in [-0.2, 0) is 4.43 Å². The summed E-state index contributed by atoms with van der Waals surface area (Å²) in [5, 5.41) is 1.10. The van der Waals surface area contributed by atoms with Crippen LogP contribution >= 0.6 is 15.9 Å². The van der Waals surface area contributed by atoms with Crippen LogP contribution in [0.1, 0.15) is 33.6 Å². The van der Waals surface area contributed by atoms with Gasteiger partial charge in [-0.25, -0.2) is 0 Å². The lowest BCUT2D eigenvalue weighted by atomic mass is 10.1. The first-order valence-corrected chi connectivity index (χ1v) is 10.2. The molecule has 0 amide bonds. The van der Waals surface area contributed by atoms with Gasteiger partial charge in [0.1, 0.15) is 0 Å². The molecule has 0 bridgehead atoms. The van der Waals surface area contributed by atoms with Gasteiger partial charge in [0.25, 0.3) is 0 Å². The molecule has 0 saturated carbocycles. The van der Waals surface area contributed by atoms with Crippen LogP contribution < -0.4 is 0 Å². The van der Waals surface area contributed by atoms with Gasteiger partial charge in [-0.2, -0.15) is 0 Å². The fourth-order valence-corrected chi connectivity index (χ4v) is 2.92. The minimum Gasteiger partial charge on any atom is -0.413 e. The Kier molecular flexibility index (Phi) is 6.96. The van der Waals surface area contributed by atoms with Gasteiger partial charge in [0, 0.05) is 5.33 Å². The van der Waals surface area contributed by atoms with E-state index >= 15 is 0 Å². The Hall–Kier alpha value is 0.137. The van der Waals surface area contributed by atoms with Gasteiger partial charge in [-0.15, -0.1) is 6.58 Å². The highest BCUT2D eigenvalue weighted by molar-refractivity contribution is 9.09. The van der Waals surface area contributed by atoms with E-state index in [0.717, 1.165) is 18.2 Å². The summed E-state index contributed by atoms with van der Waals surface area (Å²) in [4.78, 5) is 0. The summed E-state index contributed by atoms with van der Waals surface area (Å²) >= 11 is 3.44. The number of hydrogen-bond donors (Lipinski definition) is 0. The van der Waals surface area contributed by atoms with Crippen LogP contribution in [0, 0.1) is 0 Å². The van der Waals surface area contributed by atoms with Crippen molar-refractivity contribution in [3.63, 3.8) is 0 Å². The van der Waals surface area contributed by atoms with E-state index in [1.807, 2.05) is 6.08 Å². The van der Waals surface area contributed by atoms with Crippen molar-refractivity contribution < 1.29 is 4.43 Å². The first kappa shape index (κ1) is 17.1. The van der Waals surface area contributed by atoms with E-state index in [2.05, 4.69) is 63.0 Å². The van der Waals surface area contributed by atoms with Gasteiger partial charge in [-0.05, 0) is 31.0 Å². The normalized spacial score (nSPS) is 14.5. The van der Waals surface area contributed by atoms with Crippen LogP contribution in [0.2, 0.25) is 18.1 Å². The Bertz CT molecular complexity index is 266. The van der Waals surface area contributed by atoms with Crippen molar-refractivity contribution in [3.05, 3.63) is 24.8 Å². The molecule has 3 heteroatoms. The molecule has 0 fully saturated rings. The number of alkyl halides is 1. The SMILES string of the molecule is C=CC[C@@H](CC(=C)CBr)O[Si](C)(C)C(C)(C)C. The fourth-order valence-electron chi connectivity index (χ4n) is 1.33. The van der Waals surface area contributed by atoms with E-state index in [1.165, 1.54) is 5.57 Å². The molecule has 0 saturated heterocycles. The maximum Gasteiger partial charge on any atom is 0.192 e. The second-order valence-corrected chi connectivity index (χ2v) is 11.4. The summed E-state index contributed by atoms with van der Waals surface area (Å²) in [5.74, 6) is 0. The smallest absolute Gasteiger partial charge is 0.192 e. The molecular weight excluding hydrogens is 292 g/mol. The third-order valence-corrected chi connectivity index (χ3v) is 8.73. The number of hydrogen-bond acceptors (Lipinski definition) is 1. The van der Waals surface area contributed by atoms with E-state index in [9.17, 15) is 0 Å². The molecule has 0 rings (SSSR count). The Morgan fingerprint density at radius 3 is 2.29 bits per heavy atom. The third kappa shape index (κ3) is 6.02. The van der Waals surface area contributed by atoms with Crippen molar-refractivity contribution in [2.75, 3.05) is 5.33 Å². The van der Waals surface area contributed by atoms with Crippen LogP contribution in [0.5, 0.6) is 0 Å². The van der Waals surface area contributed by atoms with Crippen molar-refractivity contribution in [1.29, 1.82) is 0 Å².